The first kappa shape index (κ1) is 14.1. The minimum absolute atomic E-state index is 0.00810. The van der Waals surface area contributed by atoms with Gasteiger partial charge in [0, 0.05) is 4.88 Å². The Kier molecular flexibility index (Phi) is 4.24. The van der Waals surface area contributed by atoms with E-state index in [9.17, 15) is 9.59 Å². The van der Waals surface area contributed by atoms with E-state index in [0.29, 0.717) is 6.54 Å². The number of nitrogens with zero attached hydrogens (tertiary/aromatic N) is 1. The lowest BCUT2D eigenvalue weighted by Crippen LogP contribution is -2.59. The molecule has 0 aromatic carbocycles. The third kappa shape index (κ3) is 2.81. The van der Waals surface area contributed by atoms with Crippen LogP contribution in [-0.2, 0) is 22.6 Å². The minimum atomic E-state index is -0.354. The lowest BCUT2D eigenvalue weighted by atomic mass is 9.99. The van der Waals surface area contributed by atoms with Crippen molar-refractivity contribution in [2.24, 2.45) is 5.92 Å². The second kappa shape index (κ2) is 5.74. The van der Waals surface area contributed by atoms with Gasteiger partial charge in [-0.05, 0) is 29.3 Å². The molecule has 1 fully saturated rings. The minimum Gasteiger partial charge on any atom is -0.345 e. The molecular weight excluding hydrogens is 260 g/mol. The summed E-state index contributed by atoms with van der Waals surface area (Å²) in [5.41, 5.74) is 1.27. The fourth-order valence-corrected chi connectivity index (χ4v) is 3.46. The zero-order chi connectivity index (χ0) is 14.0. The van der Waals surface area contributed by atoms with E-state index in [4.69, 9.17) is 0 Å². The summed E-state index contributed by atoms with van der Waals surface area (Å²) < 4.78 is 0. The van der Waals surface area contributed by atoms with Crippen LogP contribution in [0.2, 0.25) is 0 Å². The quantitative estimate of drug-likeness (QED) is 0.914. The molecule has 1 saturated heterocycles. The van der Waals surface area contributed by atoms with Gasteiger partial charge < -0.3 is 10.2 Å². The Morgan fingerprint density at radius 1 is 1.47 bits per heavy atom. The smallest absolute Gasteiger partial charge is 0.243 e. The molecule has 1 aromatic rings. The zero-order valence-corrected chi connectivity index (χ0v) is 12.4. The van der Waals surface area contributed by atoms with Crippen LogP contribution in [0.5, 0.6) is 0 Å². The molecule has 19 heavy (non-hydrogen) atoms. The van der Waals surface area contributed by atoms with E-state index in [0.717, 1.165) is 6.42 Å². The normalized spacial score (nSPS) is 20.0. The van der Waals surface area contributed by atoms with E-state index in [1.807, 2.05) is 19.2 Å². The van der Waals surface area contributed by atoms with Gasteiger partial charge in [0.15, 0.2) is 0 Å². The Morgan fingerprint density at radius 2 is 2.21 bits per heavy atom. The fourth-order valence-electron chi connectivity index (χ4n) is 2.49. The van der Waals surface area contributed by atoms with Crippen molar-refractivity contribution in [1.29, 1.82) is 0 Å². The van der Waals surface area contributed by atoms with Crippen molar-refractivity contribution in [3.63, 3.8) is 0 Å². The highest BCUT2D eigenvalue weighted by molar-refractivity contribution is 7.10. The molecule has 5 heteroatoms. The molecule has 4 nitrogen and oxygen atoms in total. The molecule has 0 spiro atoms. The van der Waals surface area contributed by atoms with Crippen molar-refractivity contribution in [1.82, 2.24) is 10.2 Å². The molecule has 1 aromatic heterocycles. The van der Waals surface area contributed by atoms with Crippen molar-refractivity contribution < 1.29 is 9.59 Å². The summed E-state index contributed by atoms with van der Waals surface area (Å²) in [5.74, 6) is 0.0900. The summed E-state index contributed by atoms with van der Waals surface area (Å²) in [7, 11) is 0. The predicted molar refractivity (Wildman–Crippen MR) is 75.9 cm³/mol. The average Bonchev–Trinajstić information content (AvgIpc) is 2.80. The second-order valence-corrected chi connectivity index (χ2v) is 6.15. The largest absolute Gasteiger partial charge is 0.345 e. The van der Waals surface area contributed by atoms with E-state index in [2.05, 4.69) is 18.3 Å². The molecule has 1 aliphatic heterocycles. The highest BCUT2D eigenvalue weighted by Crippen LogP contribution is 2.23. The zero-order valence-electron chi connectivity index (χ0n) is 11.6. The number of piperazine rings is 1. The molecule has 0 saturated carbocycles. The first-order valence-corrected chi connectivity index (χ1v) is 7.55. The highest BCUT2D eigenvalue weighted by atomic mass is 32.1. The molecule has 1 unspecified atom stereocenters. The van der Waals surface area contributed by atoms with E-state index < -0.39 is 0 Å². The van der Waals surface area contributed by atoms with Crippen molar-refractivity contribution in [2.75, 3.05) is 6.54 Å². The molecule has 1 aliphatic rings. The Hall–Kier alpha value is -1.36. The van der Waals surface area contributed by atoms with E-state index in [1.54, 1.807) is 16.2 Å². The molecule has 0 radical (unpaired) electrons. The maximum Gasteiger partial charge on any atom is 0.243 e. The van der Waals surface area contributed by atoms with Crippen LogP contribution in [0.3, 0.4) is 0 Å². The van der Waals surface area contributed by atoms with Crippen LogP contribution in [0.1, 0.15) is 31.2 Å². The molecule has 1 atom stereocenters. The average molecular weight is 280 g/mol. The number of hydrogen-bond acceptors (Lipinski definition) is 3. The molecule has 1 N–H and O–H groups in total. The summed E-state index contributed by atoms with van der Waals surface area (Å²) in [4.78, 5) is 27.0. The monoisotopic (exact) mass is 280 g/mol. The number of aryl methyl sites for hydroxylation is 1. The summed E-state index contributed by atoms with van der Waals surface area (Å²) in [5, 5.41) is 4.72. The highest BCUT2D eigenvalue weighted by Gasteiger charge is 2.36. The number of hydrogen-bond donors (Lipinski definition) is 1. The van der Waals surface area contributed by atoms with E-state index in [1.165, 1.54) is 10.4 Å². The Bertz CT molecular complexity index is 482. The molecule has 2 amide bonds. The lowest BCUT2D eigenvalue weighted by Gasteiger charge is -2.37. The molecule has 2 heterocycles. The van der Waals surface area contributed by atoms with Crippen LogP contribution in [0.25, 0.3) is 0 Å². The number of rotatable bonds is 4. The third-order valence-corrected chi connectivity index (χ3v) is 4.45. The number of thiophene rings is 1. The number of nitrogens with one attached hydrogen (secondary N) is 1. The van der Waals surface area contributed by atoms with Crippen molar-refractivity contribution in [3.8, 4) is 0 Å². The maximum absolute atomic E-state index is 12.1. The molecule has 0 bridgehead atoms. The van der Waals surface area contributed by atoms with Crippen LogP contribution in [0.15, 0.2) is 11.4 Å². The number of carbonyl (C=O) groups excluding carboxylic acids is 2. The van der Waals surface area contributed by atoms with Gasteiger partial charge in [-0.25, -0.2) is 0 Å². The molecular formula is C14H20N2O2S. The summed E-state index contributed by atoms with van der Waals surface area (Å²) >= 11 is 1.66. The molecule has 2 rings (SSSR count). The van der Waals surface area contributed by atoms with E-state index in [-0.39, 0.29) is 30.3 Å². The van der Waals surface area contributed by atoms with Crippen molar-refractivity contribution in [2.45, 2.75) is 39.8 Å². The SMILES string of the molecule is CCc1ccsc1CN1C(=O)CNC(=O)C1C(C)C. The van der Waals surface area contributed by atoms with Gasteiger partial charge in [-0.3, -0.25) is 9.59 Å². The van der Waals surface area contributed by atoms with Crippen molar-refractivity contribution >= 4 is 23.2 Å². The van der Waals surface area contributed by atoms with Gasteiger partial charge in [-0.15, -0.1) is 11.3 Å². The predicted octanol–water partition coefficient (Wildman–Crippen LogP) is 1.79. The van der Waals surface area contributed by atoms with Gasteiger partial charge in [0.2, 0.25) is 11.8 Å². The Morgan fingerprint density at radius 3 is 2.84 bits per heavy atom. The van der Waals surface area contributed by atoms with Crippen LogP contribution in [0.4, 0.5) is 0 Å². The van der Waals surface area contributed by atoms with Gasteiger partial charge in [-0.1, -0.05) is 20.8 Å². The second-order valence-electron chi connectivity index (χ2n) is 5.15. The summed E-state index contributed by atoms with van der Waals surface area (Å²) in [6.45, 7) is 6.73. The Labute approximate surface area is 117 Å². The topological polar surface area (TPSA) is 49.4 Å². The van der Waals surface area contributed by atoms with Gasteiger partial charge in [0.25, 0.3) is 0 Å². The van der Waals surface area contributed by atoms with Gasteiger partial charge >= 0.3 is 0 Å². The summed E-state index contributed by atoms with van der Waals surface area (Å²) in [6.07, 6.45) is 0.958. The fraction of sp³-hybridized carbons (Fsp3) is 0.571. The van der Waals surface area contributed by atoms with Gasteiger partial charge in [0.05, 0.1) is 13.1 Å². The van der Waals surface area contributed by atoms with Gasteiger partial charge in [0.1, 0.15) is 6.04 Å². The van der Waals surface area contributed by atoms with Crippen LogP contribution in [-0.4, -0.2) is 29.3 Å². The standard InChI is InChI=1S/C14H20N2O2S/c1-4-10-5-6-19-11(10)8-16-12(17)7-15-14(18)13(16)9(2)3/h5-6,9,13H,4,7-8H2,1-3H3,(H,15,18). The van der Waals surface area contributed by atoms with Crippen LogP contribution >= 0.6 is 11.3 Å². The molecule has 0 aliphatic carbocycles. The van der Waals surface area contributed by atoms with Crippen LogP contribution in [0, 0.1) is 5.92 Å². The number of carbonyl (C=O) groups is 2. The van der Waals surface area contributed by atoms with Crippen LogP contribution < -0.4 is 5.32 Å². The lowest BCUT2D eigenvalue weighted by molar-refractivity contribution is -0.148. The first-order valence-electron chi connectivity index (χ1n) is 6.67. The number of amides is 2. The van der Waals surface area contributed by atoms with Crippen molar-refractivity contribution in [3.05, 3.63) is 21.9 Å². The first-order chi connectivity index (χ1) is 9.04. The van der Waals surface area contributed by atoms with E-state index >= 15 is 0 Å². The maximum atomic E-state index is 12.1. The molecule has 104 valence electrons. The Balaban J connectivity index is 2.24. The third-order valence-electron chi connectivity index (χ3n) is 3.50. The van der Waals surface area contributed by atoms with Gasteiger partial charge in [-0.2, -0.15) is 0 Å². The summed E-state index contributed by atoms with van der Waals surface area (Å²) in [6, 6.07) is 1.74.